The second kappa shape index (κ2) is 15.7. The topological polar surface area (TPSA) is 6.48 Å². The van der Waals surface area contributed by atoms with Gasteiger partial charge >= 0.3 is 0 Å². The first kappa shape index (κ1) is 37.8. The maximum absolute atomic E-state index is 2.41. The van der Waals surface area contributed by atoms with Crippen LogP contribution in [0.1, 0.15) is 22.3 Å². The van der Waals surface area contributed by atoms with Gasteiger partial charge in [-0.25, -0.2) is 0 Å². The van der Waals surface area contributed by atoms with E-state index in [1.807, 2.05) is 11.3 Å². The summed E-state index contributed by atoms with van der Waals surface area (Å²) in [5.41, 5.74) is 16.1. The molecule has 12 rings (SSSR count). The van der Waals surface area contributed by atoms with Crippen molar-refractivity contribution in [1.82, 2.24) is 0 Å². The van der Waals surface area contributed by atoms with Crippen molar-refractivity contribution in [3.8, 4) is 22.3 Å². The van der Waals surface area contributed by atoms with Crippen LogP contribution in [0.5, 0.6) is 0 Å². The van der Waals surface area contributed by atoms with E-state index in [0.717, 1.165) is 45.3 Å². The van der Waals surface area contributed by atoms with Gasteiger partial charge in [-0.1, -0.05) is 182 Å². The molecule has 0 bridgehead atoms. The van der Waals surface area contributed by atoms with Crippen LogP contribution in [0, 0.1) is 0 Å². The van der Waals surface area contributed by atoms with Crippen molar-refractivity contribution in [2.24, 2.45) is 0 Å². The predicted molar refractivity (Wildman–Crippen MR) is 271 cm³/mol. The average Bonchev–Trinajstić information content (AvgIpc) is 3.90. The van der Waals surface area contributed by atoms with Crippen LogP contribution in [-0.2, 0) is 5.41 Å². The summed E-state index contributed by atoms with van der Waals surface area (Å²) in [6.07, 6.45) is 0. The van der Waals surface area contributed by atoms with Crippen LogP contribution >= 0.6 is 11.3 Å². The molecule has 0 fully saturated rings. The summed E-state index contributed by atoms with van der Waals surface area (Å²) in [6.45, 7) is 0. The number of hydrogen-bond acceptors (Lipinski definition) is 3. The fourth-order valence-electron chi connectivity index (χ4n) is 10.2. The second-order valence-electron chi connectivity index (χ2n) is 16.5. The summed E-state index contributed by atoms with van der Waals surface area (Å²) >= 11 is 1.91. The van der Waals surface area contributed by atoms with Gasteiger partial charge in [0.25, 0.3) is 0 Å². The number of para-hydroxylation sites is 4. The summed E-state index contributed by atoms with van der Waals surface area (Å²) in [4.78, 5) is 4.72. The van der Waals surface area contributed by atoms with Gasteiger partial charge in [0.2, 0.25) is 0 Å². The lowest BCUT2D eigenvalue weighted by atomic mass is 9.67. The lowest BCUT2D eigenvalue weighted by molar-refractivity contribution is 0.769. The minimum absolute atomic E-state index is 0.516. The summed E-state index contributed by atoms with van der Waals surface area (Å²) in [5.74, 6) is 0. The van der Waals surface area contributed by atoms with Crippen molar-refractivity contribution < 1.29 is 0 Å². The summed E-state index contributed by atoms with van der Waals surface area (Å²) in [5, 5.41) is 2.64. The van der Waals surface area contributed by atoms with E-state index < -0.39 is 5.41 Å². The minimum atomic E-state index is -0.516. The third kappa shape index (κ3) is 6.16. The number of anilines is 6. The van der Waals surface area contributed by atoms with Crippen LogP contribution in [0.25, 0.3) is 42.4 Å². The van der Waals surface area contributed by atoms with E-state index in [2.05, 4.69) is 265 Å². The highest BCUT2D eigenvalue weighted by Crippen LogP contribution is 2.59. The molecule has 1 aliphatic rings. The summed E-state index contributed by atoms with van der Waals surface area (Å²) in [7, 11) is 0. The molecular weight excluding hydrogens is 793 g/mol. The van der Waals surface area contributed by atoms with Crippen LogP contribution < -0.4 is 9.80 Å². The molecule has 10 aromatic carbocycles. The molecule has 11 aromatic rings. The largest absolute Gasteiger partial charge is 0.310 e. The molecule has 1 atom stereocenters. The molecule has 0 N–H and O–H groups in total. The maximum atomic E-state index is 2.41. The van der Waals surface area contributed by atoms with Crippen LogP contribution in [0.3, 0.4) is 0 Å². The fourth-order valence-corrected chi connectivity index (χ4v) is 11.4. The summed E-state index contributed by atoms with van der Waals surface area (Å²) < 4.78 is 2.68. The van der Waals surface area contributed by atoms with Gasteiger partial charge in [-0.2, -0.15) is 0 Å². The summed E-state index contributed by atoms with van der Waals surface area (Å²) in [6, 6.07) is 93.0. The smallest absolute Gasteiger partial charge is 0.0714 e. The third-order valence-corrected chi connectivity index (χ3v) is 14.1. The first-order valence-electron chi connectivity index (χ1n) is 21.9. The monoisotopic (exact) mass is 834 g/mol. The highest BCUT2D eigenvalue weighted by Gasteiger charge is 2.47. The Morgan fingerprint density at radius 1 is 0.312 bits per heavy atom. The van der Waals surface area contributed by atoms with Gasteiger partial charge in [-0.05, 0) is 112 Å². The van der Waals surface area contributed by atoms with E-state index in [4.69, 9.17) is 0 Å². The van der Waals surface area contributed by atoms with Gasteiger partial charge in [0, 0.05) is 59.9 Å². The normalized spacial score (nSPS) is 14.0. The molecule has 64 heavy (non-hydrogen) atoms. The first-order valence-corrected chi connectivity index (χ1v) is 22.7. The van der Waals surface area contributed by atoms with E-state index in [9.17, 15) is 0 Å². The zero-order valence-electron chi connectivity index (χ0n) is 35.1. The predicted octanol–water partition coefficient (Wildman–Crippen LogP) is 17.0. The van der Waals surface area contributed by atoms with Gasteiger partial charge < -0.3 is 9.80 Å². The molecule has 0 saturated carbocycles. The van der Waals surface area contributed by atoms with Crippen molar-refractivity contribution in [1.29, 1.82) is 0 Å². The third-order valence-electron chi connectivity index (χ3n) is 12.9. The van der Waals surface area contributed by atoms with Crippen molar-refractivity contribution >= 4 is 65.6 Å². The number of nitrogens with zero attached hydrogens (tertiary/aromatic N) is 2. The Morgan fingerprint density at radius 3 is 1.34 bits per heavy atom. The number of rotatable bonds is 9. The molecule has 302 valence electrons. The van der Waals surface area contributed by atoms with Crippen LogP contribution in [0.15, 0.2) is 255 Å². The Balaban J connectivity index is 1.08. The van der Waals surface area contributed by atoms with E-state index in [-0.39, 0.29) is 0 Å². The van der Waals surface area contributed by atoms with E-state index in [1.54, 1.807) is 0 Å². The van der Waals surface area contributed by atoms with Crippen molar-refractivity contribution in [2.75, 3.05) is 9.80 Å². The SMILES string of the molecule is c1ccc(N(c2ccccc2)c2cc(-c3ccc(C4(c5ccccc5)c5ccccc5-c5c4ccc4c5sc5ccccc54)cc3)cc(N(c3ccccc3)c3ccccc3)c2)cc1. The maximum Gasteiger partial charge on any atom is 0.0714 e. The number of benzene rings is 10. The highest BCUT2D eigenvalue weighted by atomic mass is 32.1. The quantitative estimate of drug-likeness (QED) is 0.143. The molecule has 1 unspecified atom stereocenters. The molecule has 0 amide bonds. The Kier molecular flexibility index (Phi) is 9.28. The Bertz CT molecular complexity index is 3240. The molecule has 2 nitrogen and oxygen atoms in total. The van der Waals surface area contributed by atoms with E-state index in [1.165, 1.54) is 53.6 Å². The first-order chi connectivity index (χ1) is 31.8. The molecule has 0 aliphatic heterocycles. The van der Waals surface area contributed by atoms with Crippen LogP contribution in [-0.4, -0.2) is 0 Å². The molecule has 0 saturated heterocycles. The molecular formula is C61H42N2S. The average molecular weight is 835 g/mol. The molecule has 1 heterocycles. The lowest BCUT2D eigenvalue weighted by Gasteiger charge is -2.34. The second-order valence-corrected chi connectivity index (χ2v) is 17.5. The molecule has 0 radical (unpaired) electrons. The molecule has 3 heteroatoms. The van der Waals surface area contributed by atoms with Gasteiger partial charge in [0.15, 0.2) is 0 Å². The molecule has 1 aliphatic carbocycles. The molecule has 0 spiro atoms. The number of hydrogen-bond donors (Lipinski definition) is 0. The van der Waals surface area contributed by atoms with Crippen molar-refractivity contribution in [3.63, 3.8) is 0 Å². The van der Waals surface area contributed by atoms with Gasteiger partial charge in [-0.15, -0.1) is 11.3 Å². The number of fused-ring (bicyclic) bond motifs is 7. The van der Waals surface area contributed by atoms with Crippen LogP contribution in [0.2, 0.25) is 0 Å². The van der Waals surface area contributed by atoms with E-state index >= 15 is 0 Å². The lowest BCUT2D eigenvalue weighted by Crippen LogP contribution is -2.28. The van der Waals surface area contributed by atoms with Crippen molar-refractivity contribution in [3.05, 3.63) is 277 Å². The number of thiophene rings is 1. The zero-order valence-corrected chi connectivity index (χ0v) is 35.9. The van der Waals surface area contributed by atoms with Gasteiger partial charge in [-0.3, -0.25) is 0 Å². The molecule has 1 aromatic heterocycles. The van der Waals surface area contributed by atoms with Gasteiger partial charge in [0.05, 0.1) is 5.41 Å². The fraction of sp³-hybridized carbons (Fsp3) is 0.0164. The zero-order chi connectivity index (χ0) is 42.5. The van der Waals surface area contributed by atoms with Crippen molar-refractivity contribution in [2.45, 2.75) is 5.41 Å². The standard InChI is InChI=1S/C61H42N2S/c1-6-20-45(21-7-1)61(56-32-18-16-31-55(56)59-57(61)39-38-54-53-30-17-19-33-58(53)64-60(54)59)46-36-34-43(35-37-46)44-40-51(62(47-22-8-2-9-23-47)48-24-10-3-11-25-48)42-52(41-44)63(49-26-12-4-13-27-49)50-28-14-5-15-29-50/h1-42H. The Hall–Kier alpha value is -7.98. The Labute approximate surface area is 378 Å². The Morgan fingerprint density at radius 2 is 0.781 bits per heavy atom. The van der Waals surface area contributed by atoms with Gasteiger partial charge in [0.1, 0.15) is 0 Å². The van der Waals surface area contributed by atoms with Crippen LogP contribution in [0.4, 0.5) is 34.1 Å². The highest BCUT2D eigenvalue weighted by molar-refractivity contribution is 7.26. The minimum Gasteiger partial charge on any atom is -0.310 e. The van der Waals surface area contributed by atoms with E-state index in [0.29, 0.717) is 0 Å².